The average Bonchev–Trinajstić information content (AvgIpc) is 3.31. The summed E-state index contributed by atoms with van der Waals surface area (Å²) < 4.78 is 0. The quantitative estimate of drug-likeness (QED) is 0.350. The lowest BCUT2D eigenvalue weighted by molar-refractivity contribution is -0.140. The van der Waals surface area contributed by atoms with Gasteiger partial charge in [-0.1, -0.05) is 41.9 Å². The van der Waals surface area contributed by atoms with Crippen LogP contribution in [0.4, 0.5) is 0 Å². The number of carbonyl (C=O) groups is 2. The van der Waals surface area contributed by atoms with E-state index in [1.165, 1.54) is 16.2 Å². The molecule has 1 aromatic heterocycles. The van der Waals surface area contributed by atoms with Gasteiger partial charge in [0.25, 0.3) is 11.7 Å². The number of ketones is 1. The van der Waals surface area contributed by atoms with Gasteiger partial charge in [0.2, 0.25) is 0 Å². The molecule has 1 saturated heterocycles. The Balaban J connectivity index is 1.89. The van der Waals surface area contributed by atoms with E-state index in [9.17, 15) is 14.7 Å². The van der Waals surface area contributed by atoms with E-state index in [2.05, 4.69) is 0 Å². The molecule has 0 bridgehead atoms. The summed E-state index contributed by atoms with van der Waals surface area (Å²) in [6, 6.07) is 17.3. The Hall–Kier alpha value is -2.89. The number of aliphatic hydroxyl groups excluding tert-OH is 1. The smallest absolute Gasteiger partial charge is 0.295 e. The van der Waals surface area contributed by atoms with Crippen molar-refractivity contribution in [1.82, 2.24) is 4.90 Å². The predicted octanol–water partition coefficient (Wildman–Crippen LogP) is 5.33. The maximum atomic E-state index is 13.0. The van der Waals surface area contributed by atoms with Gasteiger partial charge in [-0.2, -0.15) is 0 Å². The summed E-state index contributed by atoms with van der Waals surface area (Å²) in [7, 11) is 0. The molecule has 4 rings (SSSR count). The van der Waals surface area contributed by atoms with Crippen LogP contribution in [0.25, 0.3) is 5.76 Å². The lowest BCUT2D eigenvalue weighted by Crippen LogP contribution is -2.29. The highest BCUT2D eigenvalue weighted by molar-refractivity contribution is 7.09. The van der Waals surface area contributed by atoms with Crippen LogP contribution in [-0.4, -0.2) is 21.7 Å². The minimum atomic E-state index is -0.678. The Kier molecular flexibility index (Phi) is 5.26. The molecular formula is C23H18ClNO3S. The average molecular weight is 424 g/mol. The zero-order valence-corrected chi connectivity index (χ0v) is 17.2. The molecular weight excluding hydrogens is 406 g/mol. The van der Waals surface area contributed by atoms with Crippen molar-refractivity contribution < 1.29 is 14.7 Å². The normalized spacial score (nSPS) is 18.4. The molecule has 1 aliphatic rings. The van der Waals surface area contributed by atoms with Crippen molar-refractivity contribution in [2.24, 2.45) is 0 Å². The molecule has 2 aromatic carbocycles. The number of likely N-dealkylation sites (tertiary alicyclic amines) is 1. The first-order valence-electron chi connectivity index (χ1n) is 9.09. The molecule has 0 spiro atoms. The van der Waals surface area contributed by atoms with E-state index in [-0.39, 0.29) is 11.3 Å². The van der Waals surface area contributed by atoms with Gasteiger partial charge in [-0.3, -0.25) is 9.59 Å². The van der Waals surface area contributed by atoms with Crippen molar-refractivity contribution in [1.29, 1.82) is 0 Å². The molecule has 0 radical (unpaired) electrons. The van der Waals surface area contributed by atoms with E-state index in [4.69, 9.17) is 11.6 Å². The maximum absolute atomic E-state index is 13.0. The van der Waals surface area contributed by atoms with Crippen molar-refractivity contribution in [3.63, 3.8) is 0 Å². The van der Waals surface area contributed by atoms with E-state index < -0.39 is 17.7 Å². The molecule has 0 saturated carbocycles. The van der Waals surface area contributed by atoms with E-state index in [1.54, 1.807) is 24.3 Å². The van der Waals surface area contributed by atoms with Crippen molar-refractivity contribution in [3.8, 4) is 0 Å². The fourth-order valence-electron chi connectivity index (χ4n) is 3.59. The Morgan fingerprint density at radius 2 is 1.79 bits per heavy atom. The first-order valence-corrected chi connectivity index (χ1v) is 10.4. The monoisotopic (exact) mass is 423 g/mol. The highest BCUT2D eigenvalue weighted by Gasteiger charge is 2.46. The predicted molar refractivity (Wildman–Crippen MR) is 115 cm³/mol. The molecule has 1 aliphatic heterocycles. The van der Waals surface area contributed by atoms with Crippen molar-refractivity contribution >= 4 is 40.4 Å². The third-order valence-corrected chi connectivity index (χ3v) is 6.16. The van der Waals surface area contributed by atoms with Crippen LogP contribution in [0.2, 0.25) is 5.02 Å². The zero-order valence-electron chi connectivity index (χ0n) is 15.6. The van der Waals surface area contributed by atoms with Gasteiger partial charge in [0, 0.05) is 15.5 Å². The number of aliphatic hydroxyl groups is 1. The van der Waals surface area contributed by atoms with Crippen LogP contribution in [0, 0.1) is 6.92 Å². The van der Waals surface area contributed by atoms with Gasteiger partial charge in [0.15, 0.2) is 0 Å². The summed E-state index contributed by atoms with van der Waals surface area (Å²) in [5, 5.41) is 13.5. The maximum Gasteiger partial charge on any atom is 0.295 e. The van der Waals surface area contributed by atoms with E-state index >= 15 is 0 Å². The fraction of sp³-hybridized carbons (Fsp3) is 0.130. The molecule has 6 heteroatoms. The van der Waals surface area contributed by atoms with E-state index in [0.29, 0.717) is 17.1 Å². The van der Waals surface area contributed by atoms with Crippen molar-refractivity contribution in [3.05, 3.63) is 98.2 Å². The SMILES string of the molecule is Cc1ccccc1C1/C(=C(/O)c2ccc(Cl)cc2)C(=O)C(=O)N1Cc1cccs1. The lowest BCUT2D eigenvalue weighted by atomic mass is 9.92. The summed E-state index contributed by atoms with van der Waals surface area (Å²) >= 11 is 7.47. The van der Waals surface area contributed by atoms with Gasteiger partial charge in [-0.15, -0.1) is 11.3 Å². The molecule has 1 fully saturated rings. The number of carbonyl (C=O) groups excluding carboxylic acids is 2. The number of rotatable bonds is 4. The highest BCUT2D eigenvalue weighted by atomic mass is 35.5. The zero-order chi connectivity index (χ0) is 20.5. The lowest BCUT2D eigenvalue weighted by Gasteiger charge is -2.26. The summed E-state index contributed by atoms with van der Waals surface area (Å²) in [5.41, 5.74) is 2.31. The van der Waals surface area contributed by atoms with E-state index in [0.717, 1.165) is 16.0 Å². The van der Waals surface area contributed by atoms with Crippen LogP contribution in [0.1, 0.15) is 27.6 Å². The van der Waals surface area contributed by atoms with Gasteiger partial charge >= 0.3 is 0 Å². The number of hydrogen-bond acceptors (Lipinski definition) is 4. The first kappa shape index (κ1) is 19.4. The second-order valence-electron chi connectivity index (χ2n) is 6.87. The second kappa shape index (κ2) is 7.85. The number of hydrogen-bond donors (Lipinski definition) is 1. The third kappa shape index (κ3) is 3.59. The second-order valence-corrected chi connectivity index (χ2v) is 8.34. The van der Waals surface area contributed by atoms with Crippen LogP contribution in [0.3, 0.4) is 0 Å². The molecule has 1 amide bonds. The molecule has 146 valence electrons. The van der Waals surface area contributed by atoms with Crippen molar-refractivity contribution in [2.75, 3.05) is 0 Å². The number of thiophene rings is 1. The Labute approximate surface area is 177 Å². The molecule has 1 N–H and O–H groups in total. The fourth-order valence-corrected chi connectivity index (χ4v) is 4.42. The topological polar surface area (TPSA) is 57.6 Å². The summed E-state index contributed by atoms with van der Waals surface area (Å²) in [5.74, 6) is -1.48. The number of halogens is 1. The Morgan fingerprint density at radius 1 is 1.07 bits per heavy atom. The van der Waals surface area contributed by atoms with Gasteiger partial charge in [0.1, 0.15) is 5.76 Å². The molecule has 1 unspecified atom stereocenters. The van der Waals surface area contributed by atoms with Gasteiger partial charge in [-0.05, 0) is 53.8 Å². The van der Waals surface area contributed by atoms with Crippen LogP contribution in [0.5, 0.6) is 0 Å². The summed E-state index contributed by atoms with van der Waals surface area (Å²) in [6.45, 7) is 2.24. The highest BCUT2D eigenvalue weighted by Crippen LogP contribution is 2.41. The molecule has 4 nitrogen and oxygen atoms in total. The minimum absolute atomic E-state index is 0.100. The van der Waals surface area contributed by atoms with E-state index in [1.807, 2.05) is 48.7 Å². The third-order valence-electron chi connectivity index (χ3n) is 5.05. The Bertz CT molecular complexity index is 1100. The Morgan fingerprint density at radius 3 is 2.45 bits per heavy atom. The van der Waals surface area contributed by atoms with Crippen LogP contribution < -0.4 is 0 Å². The van der Waals surface area contributed by atoms with Crippen LogP contribution >= 0.6 is 22.9 Å². The molecule has 29 heavy (non-hydrogen) atoms. The number of benzene rings is 2. The number of Topliss-reactive ketones (excluding diaryl/α,β-unsaturated/α-hetero) is 1. The number of nitrogens with zero attached hydrogens (tertiary/aromatic N) is 1. The minimum Gasteiger partial charge on any atom is -0.507 e. The standard InChI is InChI=1S/C23H18ClNO3S/c1-14-5-2-3-7-18(14)20-19(21(26)15-8-10-16(24)11-9-15)22(27)23(28)25(20)13-17-6-4-12-29-17/h2-12,20,26H,13H2,1H3/b21-19-. The molecule has 0 aliphatic carbocycles. The van der Waals surface area contributed by atoms with Gasteiger partial charge in [-0.25, -0.2) is 0 Å². The number of aryl methyl sites for hydroxylation is 1. The van der Waals surface area contributed by atoms with Crippen molar-refractivity contribution in [2.45, 2.75) is 19.5 Å². The molecule has 2 heterocycles. The summed E-state index contributed by atoms with van der Waals surface area (Å²) in [4.78, 5) is 28.4. The molecule has 3 aromatic rings. The van der Waals surface area contributed by atoms with Gasteiger partial charge in [0.05, 0.1) is 18.2 Å². The first-order chi connectivity index (χ1) is 14.0. The van der Waals surface area contributed by atoms with Crippen LogP contribution in [-0.2, 0) is 16.1 Å². The largest absolute Gasteiger partial charge is 0.507 e. The number of amides is 1. The molecule has 1 atom stereocenters. The summed E-state index contributed by atoms with van der Waals surface area (Å²) in [6.07, 6.45) is 0. The van der Waals surface area contributed by atoms with Gasteiger partial charge < -0.3 is 10.0 Å². The van der Waals surface area contributed by atoms with Crippen LogP contribution in [0.15, 0.2) is 71.6 Å².